The molecular formula is C17H18F3N3O. The lowest BCUT2D eigenvalue weighted by Crippen LogP contribution is -2.13. The number of alkyl halides is 3. The SMILES string of the molecule is FC(F)(F)c1cccnc1NCc1ccc(OC2CCCC2)nc1. The van der Waals surface area contributed by atoms with Crippen molar-refractivity contribution in [2.24, 2.45) is 0 Å². The number of hydrogen-bond acceptors (Lipinski definition) is 4. The number of hydrogen-bond donors (Lipinski definition) is 1. The van der Waals surface area contributed by atoms with E-state index in [1.165, 1.54) is 25.1 Å². The topological polar surface area (TPSA) is 47.0 Å². The van der Waals surface area contributed by atoms with Gasteiger partial charge in [-0.1, -0.05) is 6.07 Å². The van der Waals surface area contributed by atoms with Crippen LogP contribution in [0.1, 0.15) is 36.8 Å². The van der Waals surface area contributed by atoms with Crippen LogP contribution in [0.4, 0.5) is 19.0 Å². The first-order chi connectivity index (χ1) is 11.5. The van der Waals surface area contributed by atoms with Crippen LogP contribution in [-0.4, -0.2) is 16.1 Å². The van der Waals surface area contributed by atoms with Gasteiger partial charge in [-0.25, -0.2) is 9.97 Å². The fourth-order valence-corrected chi connectivity index (χ4v) is 2.72. The number of rotatable bonds is 5. The highest BCUT2D eigenvalue weighted by molar-refractivity contribution is 5.46. The molecule has 0 bridgehead atoms. The molecule has 2 aromatic heterocycles. The Morgan fingerprint density at radius 2 is 1.92 bits per heavy atom. The number of halogens is 3. The molecule has 7 heteroatoms. The first kappa shape index (κ1) is 16.5. The highest BCUT2D eigenvalue weighted by Crippen LogP contribution is 2.33. The van der Waals surface area contributed by atoms with Crippen LogP contribution in [0.3, 0.4) is 0 Å². The third-order valence-electron chi connectivity index (χ3n) is 3.96. The standard InChI is InChI=1S/C17H18F3N3O/c18-17(19,20)14-6-3-9-21-16(14)23-11-12-7-8-15(22-10-12)24-13-4-1-2-5-13/h3,6-10,13H,1-2,4-5,11H2,(H,21,23). The van der Waals surface area contributed by atoms with Crippen molar-refractivity contribution < 1.29 is 17.9 Å². The van der Waals surface area contributed by atoms with Crippen LogP contribution in [-0.2, 0) is 12.7 Å². The lowest BCUT2D eigenvalue weighted by molar-refractivity contribution is -0.137. The molecule has 1 aliphatic carbocycles. The van der Waals surface area contributed by atoms with Crippen LogP contribution >= 0.6 is 0 Å². The molecule has 0 aromatic carbocycles. The summed E-state index contributed by atoms with van der Waals surface area (Å²) in [6, 6.07) is 5.82. The average molecular weight is 337 g/mol. The van der Waals surface area contributed by atoms with Crippen molar-refractivity contribution in [1.82, 2.24) is 9.97 Å². The lowest BCUT2D eigenvalue weighted by Gasteiger charge is -2.14. The van der Waals surface area contributed by atoms with Crippen LogP contribution < -0.4 is 10.1 Å². The number of ether oxygens (including phenoxy) is 1. The molecule has 0 saturated heterocycles. The molecule has 1 saturated carbocycles. The van der Waals surface area contributed by atoms with E-state index in [0.717, 1.165) is 24.5 Å². The molecule has 0 radical (unpaired) electrons. The summed E-state index contributed by atoms with van der Waals surface area (Å²) in [5.41, 5.74) is -0.0216. The van der Waals surface area contributed by atoms with E-state index in [2.05, 4.69) is 15.3 Å². The first-order valence-electron chi connectivity index (χ1n) is 7.90. The third-order valence-corrected chi connectivity index (χ3v) is 3.96. The quantitative estimate of drug-likeness (QED) is 0.877. The zero-order chi connectivity index (χ0) is 17.0. The van der Waals surface area contributed by atoms with E-state index in [1.807, 2.05) is 0 Å². The molecule has 0 amide bonds. The fourth-order valence-electron chi connectivity index (χ4n) is 2.72. The summed E-state index contributed by atoms with van der Waals surface area (Å²) in [7, 11) is 0. The molecule has 0 unspecified atom stereocenters. The van der Waals surface area contributed by atoms with E-state index in [4.69, 9.17) is 4.74 Å². The van der Waals surface area contributed by atoms with Crippen molar-refractivity contribution in [2.45, 2.75) is 44.5 Å². The molecule has 24 heavy (non-hydrogen) atoms. The monoisotopic (exact) mass is 337 g/mol. The molecule has 1 N–H and O–H groups in total. The minimum Gasteiger partial charge on any atom is -0.474 e. The van der Waals surface area contributed by atoms with Crippen molar-refractivity contribution in [2.75, 3.05) is 5.32 Å². The second-order valence-corrected chi connectivity index (χ2v) is 5.78. The molecular weight excluding hydrogens is 319 g/mol. The molecule has 0 spiro atoms. The smallest absolute Gasteiger partial charge is 0.419 e. The van der Waals surface area contributed by atoms with E-state index < -0.39 is 11.7 Å². The molecule has 1 fully saturated rings. The van der Waals surface area contributed by atoms with Gasteiger partial charge >= 0.3 is 6.18 Å². The van der Waals surface area contributed by atoms with Gasteiger partial charge in [-0.15, -0.1) is 0 Å². The van der Waals surface area contributed by atoms with E-state index in [9.17, 15) is 13.2 Å². The Morgan fingerprint density at radius 1 is 1.12 bits per heavy atom. The van der Waals surface area contributed by atoms with Gasteiger partial charge in [0.15, 0.2) is 0 Å². The normalized spacial score (nSPS) is 15.5. The van der Waals surface area contributed by atoms with E-state index >= 15 is 0 Å². The molecule has 4 nitrogen and oxygen atoms in total. The van der Waals surface area contributed by atoms with Gasteiger partial charge in [0.2, 0.25) is 5.88 Å². The van der Waals surface area contributed by atoms with Gasteiger partial charge in [-0.2, -0.15) is 13.2 Å². The lowest BCUT2D eigenvalue weighted by atomic mass is 10.2. The average Bonchev–Trinajstić information content (AvgIpc) is 3.07. The largest absolute Gasteiger partial charge is 0.474 e. The van der Waals surface area contributed by atoms with Gasteiger partial charge in [0.1, 0.15) is 11.9 Å². The second kappa shape index (κ2) is 7.07. The maximum atomic E-state index is 12.9. The second-order valence-electron chi connectivity index (χ2n) is 5.78. The maximum Gasteiger partial charge on any atom is 0.419 e. The van der Waals surface area contributed by atoms with Gasteiger partial charge in [-0.05, 0) is 43.4 Å². The fraction of sp³-hybridized carbons (Fsp3) is 0.412. The minimum atomic E-state index is -4.44. The summed E-state index contributed by atoms with van der Waals surface area (Å²) >= 11 is 0. The molecule has 3 rings (SSSR count). The van der Waals surface area contributed by atoms with Crippen LogP contribution in [0.5, 0.6) is 5.88 Å². The van der Waals surface area contributed by atoms with Crippen molar-refractivity contribution in [1.29, 1.82) is 0 Å². The molecule has 128 valence electrons. The van der Waals surface area contributed by atoms with Crippen molar-refractivity contribution in [3.05, 3.63) is 47.8 Å². The number of pyridine rings is 2. The van der Waals surface area contributed by atoms with Crippen LogP contribution in [0, 0.1) is 0 Å². The zero-order valence-corrected chi connectivity index (χ0v) is 13.0. The van der Waals surface area contributed by atoms with Gasteiger partial charge in [0, 0.05) is 25.0 Å². The molecule has 0 atom stereocenters. The summed E-state index contributed by atoms with van der Waals surface area (Å²) in [5.74, 6) is 0.371. The Balaban J connectivity index is 1.61. The van der Waals surface area contributed by atoms with Crippen LogP contribution in [0.25, 0.3) is 0 Å². The Hall–Kier alpha value is -2.31. The first-order valence-corrected chi connectivity index (χ1v) is 7.90. The predicted octanol–water partition coefficient (Wildman–Crippen LogP) is 4.43. The number of aromatic nitrogens is 2. The highest BCUT2D eigenvalue weighted by Gasteiger charge is 2.33. The molecule has 1 aliphatic rings. The molecule has 2 heterocycles. The number of nitrogens with one attached hydrogen (secondary N) is 1. The van der Waals surface area contributed by atoms with Gasteiger partial charge in [-0.3, -0.25) is 0 Å². The Bertz CT molecular complexity index is 668. The molecule has 2 aromatic rings. The molecule has 0 aliphatic heterocycles. The third kappa shape index (κ3) is 4.15. The van der Waals surface area contributed by atoms with Gasteiger partial charge in [0.05, 0.1) is 5.56 Å². The summed E-state index contributed by atoms with van der Waals surface area (Å²) in [5, 5.41) is 2.72. The Morgan fingerprint density at radius 3 is 2.58 bits per heavy atom. The summed E-state index contributed by atoms with van der Waals surface area (Å²) in [4.78, 5) is 7.99. The Kier molecular flexibility index (Phi) is 4.87. The van der Waals surface area contributed by atoms with E-state index in [-0.39, 0.29) is 18.5 Å². The van der Waals surface area contributed by atoms with E-state index in [1.54, 1.807) is 18.3 Å². The highest BCUT2D eigenvalue weighted by atomic mass is 19.4. The van der Waals surface area contributed by atoms with Crippen molar-refractivity contribution in [3.8, 4) is 5.88 Å². The summed E-state index contributed by atoms with van der Waals surface area (Å²) in [6.45, 7) is 0.205. The Labute approximate surface area is 138 Å². The van der Waals surface area contributed by atoms with Crippen LogP contribution in [0.2, 0.25) is 0 Å². The van der Waals surface area contributed by atoms with Crippen molar-refractivity contribution in [3.63, 3.8) is 0 Å². The number of nitrogens with zero attached hydrogens (tertiary/aromatic N) is 2. The summed E-state index contributed by atoms with van der Waals surface area (Å²) in [6.07, 6.45) is 3.17. The number of anilines is 1. The summed E-state index contributed by atoms with van der Waals surface area (Å²) < 4.78 is 44.5. The predicted molar refractivity (Wildman–Crippen MR) is 83.7 cm³/mol. The zero-order valence-electron chi connectivity index (χ0n) is 13.0. The van der Waals surface area contributed by atoms with Crippen LogP contribution in [0.15, 0.2) is 36.7 Å². The maximum absolute atomic E-state index is 12.9. The minimum absolute atomic E-state index is 0.184. The van der Waals surface area contributed by atoms with Gasteiger partial charge in [0.25, 0.3) is 0 Å². The van der Waals surface area contributed by atoms with E-state index in [0.29, 0.717) is 5.88 Å². The van der Waals surface area contributed by atoms with Crippen molar-refractivity contribution >= 4 is 5.82 Å². The van der Waals surface area contributed by atoms with Gasteiger partial charge < -0.3 is 10.1 Å².